The van der Waals surface area contributed by atoms with Gasteiger partial charge in [0.15, 0.2) is 0 Å². The largest absolute Gasteiger partial charge is 0.488 e. The van der Waals surface area contributed by atoms with Crippen LogP contribution in [0.4, 0.5) is 4.39 Å². The van der Waals surface area contributed by atoms with Crippen molar-refractivity contribution in [1.82, 2.24) is 31.9 Å². The minimum atomic E-state index is -0.388. The lowest BCUT2D eigenvalue weighted by atomic mass is 10.1. The Bertz CT molecular complexity index is 5230. The van der Waals surface area contributed by atoms with Crippen molar-refractivity contribution in [3.05, 3.63) is 349 Å². The molecule has 18 nitrogen and oxygen atoms in total. The maximum absolute atomic E-state index is 14.0. The van der Waals surface area contributed by atoms with Crippen LogP contribution in [0.2, 0.25) is 5.02 Å². The van der Waals surface area contributed by atoms with E-state index in [1.54, 1.807) is 60.5 Å². The fourth-order valence-corrected chi connectivity index (χ4v) is 14.2. The zero-order chi connectivity index (χ0) is 95.8. The molecule has 131 heavy (non-hydrogen) atoms. The number of thiocarbonyl (C=S) groups is 6. The van der Waals surface area contributed by atoms with Crippen LogP contribution in [0.5, 0.6) is 69.0 Å². The Hall–Kier alpha value is -11.0. The fourth-order valence-electron chi connectivity index (χ4n) is 12.4. The van der Waals surface area contributed by atoms with Crippen LogP contribution in [0.3, 0.4) is 0 Å². The molecule has 12 aromatic carbocycles. The summed E-state index contributed by atoms with van der Waals surface area (Å²) < 4.78 is 84.9. The van der Waals surface area contributed by atoms with E-state index in [4.69, 9.17) is 142 Å². The number of ether oxygens (including phenoxy) is 12. The highest BCUT2D eigenvalue weighted by molar-refractivity contribution is 14.1. The van der Waals surface area contributed by atoms with Crippen molar-refractivity contribution in [3.8, 4) is 69.0 Å². The van der Waals surface area contributed by atoms with Gasteiger partial charge in [-0.05, 0) is 322 Å². The molecule has 0 radical (unpaired) electrons. The van der Waals surface area contributed by atoms with Crippen molar-refractivity contribution in [2.75, 3.05) is 42.3 Å². The van der Waals surface area contributed by atoms with Crippen LogP contribution in [0.15, 0.2) is 229 Å². The lowest BCUT2D eigenvalue weighted by molar-refractivity contribution is 0.293. The van der Waals surface area contributed by atoms with E-state index in [1.807, 2.05) is 225 Å². The van der Waals surface area contributed by atoms with Crippen molar-refractivity contribution in [2.24, 2.45) is 0 Å². The van der Waals surface area contributed by atoms with E-state index in [-0.39, 0.29) is 22.8 Å². The zero-order valence-corrected chi connectivity index (χ0v) is 86.4. The van der Waals surface area contributed by atoms with Gasteiger partial charge < -0.3 is 88.7 Å². The van der Waals surface area contributed by atoms with E-state index in [0.717, 1.165) is 126 Å². The van der Waals surface area contributed by atoms with Crippen molar-refractivity contribution in [2.45, 2.75) is 130 Å². The first-order valence-electron chi connectivity index (χ1n) is 41.5. The average Bonchev–Trinajstić information content (AvgIpc) is 0.849. The summed E-state index contributed by atoms with van der Waals surface area (Å²) in [7, 11) is 10.3. The summed E-state index contributed by atoms with van der Waals surface area (Å²) in [4.78, 5) is 0. The van der Waals surface area contributed by atoms with Gasteiger partial charge in [0.05, 0.1) is 16.1 Å². The van der Waals surface area contributed by atoms with Gasteiger partial charge in [-0.15, -0.1) is 0 Å². The highest BCUT2D eigenvalue weighted by atomic mass is 127. The van der Waals surface area contributed by atoms with Gasteiger partial charge in [0.1, 0.15) is 114 Å². The Morgan fingerprint density at radius 3 is 0.901 bits per heavy atom. The summed E-state index contributed by atoms with van der Waals surface area (Å²) in [6, 6.07) is 71.7. The minimum absolute atomic E-state index is 0.0677. The highest BCUT2D eigenvalue weighted by Crippen LogP contribution is 2.35. The summed E-state index contributed by atoms with van der Waals surface area (Å²) in [5.41, 5.74) is 19.9. The second-order valence-corrected chi connectivity index (χ2v) is 34.4. The quantitative estimate of drug-likeness (QED) is 0.0248. The van der Waals surface area contributed by atoms with Gasteiger partial charge in [0, 0.05) is 72.6 Å². The van der Waals surface area contributed by atoms with E-state index in [1.165, 1.54) is 33.9 Å². The highest BCUT2D eigenvalue weighted by Gasteiger charge is 2.19. The number of halogens is 4. The Morgan fingerprint density at radius 2 is 0.534 bits per heavy atom. The van der Waals surface area contributed by atoms with E-state index >= 15 is 0 Å². The molecule has 690 valence electrons. The molecule has 0 aliphatic heterocycles. The molecule has 0 fully saturated rings. The first-order chi connectivity index (χ1) is 62.6. The molecule has 0 aliphatic carbocycles. The third-order valence-electron chi connectivity index (χ3n) is 19.3. The second kappa shape index (κ2) is 55.4. The monoisotopic (exact) mass is 2080 g/mol. The summed E-state index contributed by atoms with van der Waals surface area (Å²) in [5, 5.41) is 19.1. The minimum Gasteiger partial charge on any atom is -0.488 e. The standard InChI is InChI=1S/C18H21NO2S.C17H18BrNO2S.C17H18ClNO2S.C17H18FNO2S.C17H18INO2S.C17H19NO2S/c1-12-8-9-16(14(3)10-12)20-11-15-13(2)6-5-7-17(15)21-18(22)19-4;4*1-11-7-8-15(12(2)9-11)20-10-13-14(18)5-4-6-16(13)21-17(22)19-3;1-12-8-9-15(13(2)10-12)19-11-14-6-4-5-7-16(14)20-17(21)18-3/h5-10H,11H2,1-4H3,(H,19,22);4*4-9H,10H2,1-3H3,(H,19,22);4-10H,11H2,1-3H3,(H,18,21). The lowest BCUT2D eigenvalue weighted by Crippen LogP contribution is -2.22. The summed E-state index contributed by atoms with van der Waals surface area (Å²) in [6.07, 6.45) is 0. The molecule has 0 amide bonds. The number of hydrogen-bond acceptors (Lipinski definition) is 18. The van der Waals surface area contributed by atoms with Crippen molar-refractivity contribution in [1.29, 1.82) is 0 Å². The number of para-hydroxylation sites is 1. The van der Waals surface area contributed by atoms with Gasteiger partial charge in [0.2, 0.25) is 0 Å². The van der Waals surface area contributed by atoms with Crippen molar-refractivity contribution in [3.63, 3.8) is 0 Å². The number of rotatable bonds is 24. The Labute approximate surface area is 830 Å². The summed E-state index contributed by atoms with van der Waals surface area (Å²) in [6.45, 7) is 28.6. The molecule has 12 rings (SSSR count). The molecule has 0 saturated carbocycles. The summed E-state index contributed by atoms with van der Waals surface area (Å²) in [5.74, 6) is 8.45. The van der Waals surface area contributed by atoms with Crippen molar-refractivity contribution >= 4 is 154 Å². The topological polar surface area (TPSA) is 183 Å². The SMILES string of the molecule is CNC(=S)Oc1cccc(Br)c1COc1ccc(C)cc1C.CNC(=S)Oc1cccc(C)c1COc1ccc(C)cc1C.CNC(=S)Oc1cccc(Cl)c1COc1ccc(C)cc1C.CNC(=S)Oc1cccc(F)c1COc1ccc(C)cc1C.CNC(=S)Oc1cccc(I)c1COc1ccc(C)cc1C.CNC(=S)Oc1ccccc1COc1ccc(C)cc1C. The van der Waals surface area contributed by atoms with Crippen LogP contribution in [0.25, 0.3) is 0 Å². The van der Waals surface area contributed by atoms with Crippen molar-refractivity contribution < 1.29 is 61.2 Å². The second-order valence-electron chi connectivity index (χ2n) is 29.7. The Kier molecular flexibility index (Phi) is 45.2. The lowest BCUT2D eigenvalue weighted by Gasteiger charge is -2.15. The van der Waals surface area contributed by atoms with Gasteiger partial charge >= 0.3 is 0 Å². The van der Waals surface area contributed by atoms with Crippen LogP contribution in [0, 0.1) is 99.4 Å². The summed E-state index contributed by atoms with van der Waals surface area (Å²) >= 11 is 42.3. The molecule has 0 atom stereocenters. The van der Waals surface area contributed by atoms with Gasteiger partial charge in [-0.3, -0.25) is 0 Å². The van der Waals surface area contributed by atoms with E-state index in [9.17, 15) is 4.39 Å². The first-order valence-corrected chi connectivity index (χ1v) is 46.2. The normalized spacial score (nSPS) is 10.2. The van der Waals surface area contributed by atoms with Gasteiger partial charge in [-0.1, -0.05) is 188 Å². The number of aryl methyl sites for hydroxylation is 13. The van der Waals surface area contributed by atoms with Gasteiger partial charge in [0.25, 0.3) is 31.0 Å². The maximum atomic E-state index is 14.0. The predicted molar refractivity (Wildman–Crippen MR) is 564 cm³/mol. The third kappa shape index (κ3) is 35.6. The molecule has 0 bridgehead atoms. The average molecular weight is 2080 g/mol. The van der Waals surface area contributed by atoms with E-state index in [2.05, 4.69) is 135 Å². The van der Waals surface area contributed by atoms with E-state index < -0.39 is 0 Å². The zero-order valence-electron chi connectivity index (χ0n) is 77.0. The Morgan fingerprint density at radius 1 is 0.275 bits per heavy atom. The van der Waals surface area contributed by atoms with Crippen LogP contribution in [-0.4, -0.2) is 73.3 Å². The molecule has 12 aromatic rings. The predicted octanol–water partition coefficient (Wildman–Crippen LogP) is 25.1. The molecule has 0 aromatic heterocycles. The number of hydrogen-bond donors (Lipinski definition) is 6. The van der Waals surface area contributed by atoms with Crippen LogP contribution in [0.1, 0.15) is 106 Å². The smallest absolute Gasteiger partial charge is 0.261 e. The molecule has 0 heterocycles. The number of nitrogens with one attached hydrogen (secondary N) is 6. The molecule has 6 N–H and O–H groups in total. The first kappa shape index (κ1) is 107. The molecular formula is C103H112BrClFIN6O12S6. The molecule has 0 aliphatic rings. The van der Waals surface area contributed by atoms with Gasteiger partial charge in [-0.25, -0.2) is 4.39 Å². The molecule has 0 saturated heterocycles. The third-order valence-corrected chi connectivity index (χ3v) is 23.1. The Balaban J connectivity index is 0.000000215. The van der Waals surface area contributed by atoms with E-state index in [0.29, 0.717) is 87.3 Å². The molecular weight excluding hydrogens is 1970 g/mol. The van der Waals surface area contributed by atoms with Gasteiger partial charge in [-0.2, -0.15) is 0 Å². The maximum Gasteiger partial charge on any atom is 0.261 e. The molecule has 0 spiro atoms. The van der Waals surface area contributed by atoms with Crippen LogP contribution < -0.4 is 88.7 Å². The molecule has 28 heteroatoms. The van der Waals surface area contributed by atoms with Crippen LogP contribution in [-0.2, 0) is 39.6 Å². The molecule has 0 unspecified atom stereocenters. The fraction of sp³-hybridized carbons (Fsp3) is 0.243. The number of benzene rings is 12. The van der Waals surface area contributed by atoms with Crippen LogP contribution >= 0.6 is 123 Å².